The molecule has 3 N–H and O–H groups in total. The zero-order chi connectivity index (χ0) is 25.5. The summed E-state index contributed by atoms with van der Waals surface area (Å²) in [5.74, 6) is -0.895. The number of hydrogen-bond donors (Lipinski definition) is 3. The van der Waals surface area contributed by atoms with E-state index in [1.54, 1.807) is 36.4 Å². The van der Waals surface area contributed by atoms with Gasteiger partial charge in [0.1, 0.15) is 0 Å². The Morgan fingerprint density at radius 3 is 2.39 bits per heavy atom. The summed E-state index contributed by atoms with van der Waals surface area (Å²) in [6, 6.07) is 21.2. The SMILES string of the molecule is Cc1ccccc1NC(=O)Nc1ccc(CC(=O)N2CCCC2C=Cc2ccc(C(=O)O)cc2)cc1. The highest BCUT2D eigenvalue weighted by molar-refractivity contribution is 6.00. The summed E-state index contributed by atoms with van der Waals surface area (Å²) in [6.45, 7) is 2.64. The van der Waals surface area contributed by atoms with Gasteiger partial charge in [0.2, 0.25) is 5.91 Å². The summed E-state index contributed by atoms with van der Waals surface area (Å²) in [6.07, 6.45) is 6.07. The van der Waals surface area contributed by atoms with Gasteiger partial charge in [-0.2, -0.15) is 0 Å². The Morgan fingerprint density at radius 2 is 1.69 bits per heavy atom. The molecule has 184 valence electrons. The fourth-order valence-electron chi connectivity index (χ4n) is 4.24. The zero-order valence-corrected chi connectivity index (χ0v) is 20.1. The second-order valence-electron chi connectivity index (χ2n) is 8.85. The Kier molecular flexibility index (Phi) is 7.80. The lowest BCUT2D eigenvalue weighted by Gasteiger charge is -2.22. The predicted molar refractivity (Wildman–Crippen MR) is 141 cm³/mol. The molecule has 1 saturated heterocycles. The smallest absolute Gasteiger partial charge is 0.335 e. The number of aromatic carboxylic acids is 1. The molecular weight excluding hydrogens is 454 g/mol. The summed E-state index contributed by atoms with van der Waals surface area (Å²) in [5, 5.41) is 14.7. The van der Waals surface area contributed by atoms with Gasteiger partial charge in [-0.15, -0.1) is 0 Å². The molecule has 7 nitrogen and oxygen atoms in total. The van der Waals surface area contributed by atoms with E-state index in [4.69, 9.17) is 5.11 Å². The molecule has 0 aliphatic carbocycles. The van der Waals surface area contributed by atoms with Crippen LogP contribution in [0.3, 0.4) is 0 Å². The number of amides is 3. The van der Waals surface area contributed by atoms with Crippen LogP contribution in [0.1, 0.15) is 39.9 Å². The second kappa shape index (κ2) is 11.4. The van der Waals surface area contributed by atoms with Gasteiger partial charge in [0, 0.05) is 17.9 Å². The average molecular weight is 484 g/mol. The molecule has 3 aromatic rings. The largest absolute Gasteiger partial charge is 0.478 e. The summed E-state index contributed by atoms with van der Waals surface area (Å²) < 4.78 is 0. The number of rotatable bonds is 7. The van der Waals surface area contributed by atoms with Crippen LogP contribution in [0.15, 0.2) is 78.9 Å². The van der Waals surface area contributed by atoms with E-state index in [9.17, 15) is 14.4 Å². The van der Waals surface area contributed by atoms with Crippen molar-refractivity contribution in [2.75, 3.05) is 17.2 Å². The van der Waals surface area contributed by atoms with E-state index in [-0.39, 0.29) is 30.0 Å². The molecule has 36 heavy (non-hydrogen) atoms. The Labute approximate surface area is 210 Å². The third kappa shape index (κ3) is 6.39. The quantitative estimate of drug-likeness (QED) is 0.408. The molecule has 1 atom stereocenters. The molecule has 0 saturated carbocycles. The minimum absolute atomic E-state index is 0.0164. The van der Waals surface area contributed by atoms with Crippen LogP contribution in [-0.4, -0.2) is 40.5 Å². The van der Waals surface area contributed by atoms with Gasteiger partial charge in [0.15, 0.2) is 0 Å². The molecule has 1 aliphatic rings. The normalized spacial score (nSPS) is 15.1. The number of carbonyl (C=O) groups excluding carboxylic acids is 2. The Morgan fingerprint density at radius 1 is 0.972 bits per heavy atom. The van der Waals surface area contributed by atoms with Crippen molar-refractivity contribution in [1.29, 1.82) is 0 Å². The maximum Gasteiger partial charge on any atom is 0.335 e. The molecule has 0 spiro atoms. The van der Waals surface area contributed by atoms with Crippen LogP contribution in [0.25, 0.3) is 6.08 Å². The molecule has 1 aliphatic heterocycles. The molecule has 3 aromatic carbocycles. The third-order valence-corrected chi connectivity index (χ3v) is 6.25. The van der Waals surface area contributed by atoms with Crippen molar-refractivity contribution in [2.24, 2.45) is 0 Å². The second-order valence-corrected chi connectivity index (χ2v) is 8.85. The van der Waals surface area contributed by atoms with E-state index < -0.39 is 5.97 Å². The first-order valence-corrected chi connectivity index (χ1v) is 11.9. The molecule has 3 amide bonds. The van der Waals surface area contributed by atoms with Crippen LogP contribution >= 0.6 is 0 Å². The lowest BCUT2D eigenvalue weighted by molar-refractivity contribution is -0.130. The third-order valence-electron chi connectivity index (χ3n) is 6.25. The number of carbonyl (C=O) groups is 3. The number of aryl methyl sites for hydroxylation is 1. The molecule has 0 bridgehead atoms. The molecule has 1 fully saturated rings. The Bertz CT molecular complexity index is 1270. The van der Waals surface area contributed by atoms with E-state index in [1.807, 2.05) is 60.4 Å². The number of para-hydroxylation sites is 1. The summed E-state index contributed by atoms with van der Waals surface area (Å²) in [5.41, 5.74) is 4.40. The van der Waals surface area contributed by atoms with Crippen LogP contribution in [0.4, 0.5) is 16.2 Å². The van der Waals surface area contributed by atoms with Gasteiger partial charge >= 0.3 is 12.0 Å². The van der Waals surface area contributed by atoms with Crippen molar-refractivity contribution in [3.05, 3.63) is 101 Å². The summed E-state index contributed by atoms with van der Waals surface area (Å²) in [4.78, 5) is 38.2. The highest BCUT2D eigenvalue weighted by Gasteiger charge is 2.26. The van der Waals surface area contributed by atoms with Gasteiger partial charge in [-0.25, -0.2) is 9.59 Å². The molecule has 7 heteroatoms. The van der Waals surface area contributed by atoms with Crippen LogP contribution in [0.5, 0.6) is 0 Å². The monoisotopic (exact) mass is 483 g/mol. The van der Waals surface area contributed by atoms with Crippen molar-refractivity contribution in [2.45, 2.75) is 32.2 Å². The van der Waals surface area contributed by atoms with Crippen molar-refractivity contribution >= 4 is 35.4 Å². The van der Waals surface area contributed by atoms with E-state index in [2.05, 4.69) is 10.6 Å². The maximum atomic E-state index is 13.0. The fraction of sp³-hybridized carbons (Fsp3) is 0.207. The number of carboxylic acid groups (broad SMARTS) is 1. The van der Waals surface area contributed by atoms with Crippen molar-refractivity contribution in [1.82, 2.24) is 4.90 Å². The predicted octanol–water partition coefficient (Wildman–Crippen LogP) is 5.58. The van der Waals surface area contributed by atoms with Crippen LogP contribution < -0.4 is 10.6 Å². The maximum absolute atomic E-state index is 13.0. The number of urea groups is 1. The first-order valence-electron chi connectivity index (χ1n) is 11.9. The minimum Gasteiger partial charge on any atom is -0.478 e. The molecule has 0 aromatic heterocycles. The number of benzene rings is 3. The summed E-state index contributed by atoms with van der Waals surface area (Å²) in [7, 11) is 0. The number of carboxylic acids is 1. The van der Waals surface area contributed by atoms with Gasteiger partial charge < -0.3 is 20.6 Å². The van der Waals surface area contributed by atoms with Crippen LogP contribution in [0.2, 0.25) is 0 Å². The first kappa shape index (κ1) is 24.7. The highest BCUT2D eigenvalue weighted by atomic mass is 16.4. The van der Waals surface area contributed by atoms with Gasteiger partial charge in [0.05, 0.1) is 18.0 Å². The molecule has 1 heterocycles. The standard InChI is InChI=1S/C29H29N3O4/c1-20-5-2-3-7-26(20)31-29(36)30-24-15-10-22(11-16-24)19-27(33)32-18-4-6-25(32)17-12-21-8-13-23(14-9-21)28(34)35/h2-3,5,7-17,25H,4,6,18-19H2,1H3,(H,34,35)(H2,30,31,36). The molecule has 4 rings (SSSR count). The number of likely N-dealkylation sites (tertiary alicyclic amines) is 1. The van der Waals surface area contributed by atoms with Gasteiger partial charge in [-0.05, 0) is 66.8 Å². The van der Waals surface area contributed by atoms with Crippen molar-refractivity contribution in [3.8, 4) is 0 Å². The number of anilines is 2. The van der Waals surface area contributed by atoms with E-state index in [0.29, 0.717) is 12.2 Å². The van der Waals surface area contributed by atoms with E-state index in [1.165, 1.54) is 0 Å². The zero-order valence-electron chi connectivity index (χ0n) is 20.1. The van der Waals surface area contributed by atoms with Gasteiger partial charge in [-0.1, -0.05) is 54.6 Å². The Balaban J connectivity index is 1.31. The van der Waals surface area contributed by atoms with E-state index in [0.717, 1.165) is 35.2 Å². The van der Waals surface area contributed by atoms with Crippen LogP contribution in [0, 0.1) is 6.92 Å². The highest BCUT2D eigenvalue weighted by Crippen LogP contribution is 2.22. The number of nitrogens with one attached hydrogen (secondary N) is 2. The Hall–Kier alpha value is -4.39. The van der Waals surface area contributed by atoms with E-state index >= 15 is 0 Å². The van der Waals surface area contributed by atoms with Crippen LogP contribution in [-0.2, 0) is 11.2 Å². The first-order chi connectivity index (χ1) is 17.4. The number of hydrogen-bond acceptors (Lipinski definition) is 3. The topological polar surface area (TPSA) is 98.7 Å². The minimum atomic E-state index is -0.951. The molecule has 0 radical (unpaired) electrons. The molecular formula is C29H29N3O4. The average Bonchev–Trinajstić information content (AvgIpc) is 3.34. The number of nitrogens with zero attached hydrogens (tertiary/aromatic N) is 1. The lowest BCUT2D eigenvalue weighted by atomic mass is 10.1. The lowest BCUT2D eigenvalue weighted by Crippen LogP contribution is -2.35. The van der Waals surface area contributed by atoms with Gasteiger partial charge in [0.25, 0.3) is 0 Å². The fourth-order valence-corrected chi connectivity index (χ4v) is 4.24. The van der Waals surface area contributed by atoms with Crippen molar-refractivity contribution < 1.29 is 19.5 Å². The molecule has 1 unspecified atom stereocenters. The van der Waals surface area contributed by atoms with Crippen molar-refractivity contribution in [3.63, 3.8) is 0 Å². The summed E-state index contributed by atoms with van der Waals surface area (Å²) >= 11 is 0. The van der Waals surface area contributed by atoms with Gasteiger partial charge in [-0.3, -0.25) is 4.79 Å².